The fourth-order valence-corrected chi connectivity index (χ4v) is 3.42. The zero-order chi connectivity index (χ0) is 16.6. The molecule has 0 bridgehead atoms. The molecule has 23 heavy (non-hydrogen) atoms. The van der Waals surface area contributed by atoms with Gasteiger partial charge in [-0.2, -0.15) is 5.10 Å². The summed E-state index contributed by atoms with van der Waals surface area (Å²) in [6.45, 7) is 6.89. The molecule has 3 heterocycles. The Balaban J connectivity index is 1.54. The van der Waals surface area contributed by atoms with E-state index in [1.54, 1.807) is 0 Å². The number of imidazole rings is 1. The van der Waals surface area contributed by atoms with E-state index < -0.39 is 0 Å². The third-order valence-electron chi connectivity index (χ3n) is 4.74. The summed E-state index contributed by atoms with van der Waals surface area (Å²) in [5.41, 5.74) is 4.41. The smallest absolute Gasteiger partial charge is 0.220 e. The minimum absolute atomic E-state index is 0.123. The van der Waals surface area contributed by atoms with Gasteiger partial charge in [0.05, 0.1) is 11.4 Å². The summed E-state index contributed by atoms with van der Waals surface area (Å²) in [6.07, 6.45) is 5.22. The zero-order valence-electron chi connectivity index (χ0n) is 14.4. The number of rotatable bonds is 4. The summed E-state index contributed by atoms with van der Waals surface area (Å²) in [4.78, 5) is 16.8. The number of aromatic nitrogens is 4. The van der Waals surface area contributed by atoms with Gasteiger partial charge in [-0.15, -0.1) is 0 Å². The summed E-state index contributed by atoms with van der Waals surface area (Å²) in [7, 11) is 1.94. The van der Waals surface area contributed by atoms with Crippen LogP contribution in [-0.4, -0.2) is 31.3 Å². The first-order chi connectivity index (χ1) is 10.9. The van der Waals surface area contributed by atoms with Crippen LogP contribution in [0.1, 0.15) is 41.3 Å². The lowest BCUT2D eigenvalue weighted by atomic mass is 10.1. The van der Waals surface area contributed by atoms with Crippen LogP contribution in [-0.2, 0) is 31.2 Å². The van der Waals surface area contributed by atoms with Gasteiger partial charge in [0.1, 0.15) is 5.82 Å². The molecule has 1 aliphatic rings. The molecule has 1 amide bonds. The second-order valence-corrected chi connectivity index (χ2v) is 6.53. The molecule has 0 unspecified atom stereocenters. The average Bonchev–Trinajstić information content (AvgIpc) is 2.96. The summed E-state index contributed by atoms with van der Waals surface area (Å²) in [6, 6.07) is 0.208. The summed E-state index contributed by atoms with van der Waals surface area (Å²) in [5, 5.41) is 7.58. The number of carbonyl (C=O) groups excluding carboxylic acids is 1. The van der Waals surface area contributed by atoms with E-state index >= 15 is 0 Å². The van der Waals surface area contributed by atoms with Crippen LogP contribution in [0.4, 0.5) is 0 Å². The average molecular weight is 315 g/mol. The second-order valence-electron chi connectivity index (χ2n) is 6.53. The first-order valence-corrected chi connectivity index (χ1v) is 8.25. The van der Waals surface area contributed by atoms with Crippen molar-refractivity contribution < 1.29 is 4.79 Å². The number of carbonyl (C=O) groups is 1. The van der Waals surface area contributed by atoms with Crippen LogP contribution >= 0.6 is 0 Å². The number of nitrogens with one attached hydrogen (secondary N) is 1. The Morgan fingerprint density at radius 1 is 1.39 bits per heavy atom. The van der Waals surface area contributed by atoms with E-state index in [2.05, 4.69) is 33.1 Å². The topological polar surface area (TPSA) is 64.7 Å². The molecular formula is C17H25N5O. The quantitative estimate of drug-likeness (QED) is 0.932. The maximum absolute atomic E-state index is 12.3. The van der Waals surface area contributed by atoms with E-state index in [0.717, 1.165) is 48.7 Å². The van der Waals surface area contributed by atoms with Crippen LogP contribution in [0, 0.1) is 20.8 Å². The number of amides is 1. The fraction of sp³-hybridized carbons (Fsp3) is 0.588. The van der Waals surface area contributed by atoms with Crippen LogP contribution in [0.2, 0.25) is 0 Å². The molecule has 0 spiro atoms. The van der Waals surface area contributed by atoms with Gasteiger partial charge in [-0.25, -0.2) is 4.98 Å². The molecule has 1 atom stereocenters. The number of hydrogen-bond acceptors (Lipinski definition) is 3. The summed E-state index contributed by atoms with van der Waals surface area (Å²) in [5.74, 6) is 1.26. The maximum Gasteiger partial charge on any atom is 0.220 e. The number of aryl methyl sites for hydroxylation is 4. The number of fused-ring (bicyclic) bond motifs is 1. The van der Waals surface area contributed by atoms with Crippen molar-refractivity contribution in [1.82, 2.24) is 24.6 Å². The maximum atomic E-state index is 12.3. The molecule has 1 aliphatic heterocycles. The van der Waals surface area contributed by atoms with E-state index in [-0.39, 0.29) is 11.9 Å². The first kappa shape index (κ1) is 15.8. The Labute approximate surface area is 136 Å². The molecular weight excluding hydrogens is 290 g/mol. The molecule has 0 aliphatic carbocycles. The Morgan fingerprint density at radius 3 is 2.87 bits per heavy atom. The molecule has 1 N–H and O–H groups in total. The second kappa shape index (κ2) is 6.18. The standard InChI is InChI=1S/C17H25N5O/c1-11-9-22-10-14(5-7-16(22)18-11)19-17(23)8-6-15-12(2)20-21(4)13(15)3/h9,14H,5-8,10H2,1-4H3,(H,19,23)/t14-/m1/s1. The molecule has 2 aromatic heterocycles. The SMILES string of the molecule is Cc1cn2c(n1)CC[C@@H](NC(=O)CCc1c(C)nn(C)c1C)C2. The van der Waals surface area contributed by atoms with E-state index in [4.69, 9.17) is 0 Å². The monoisotopic (exact) mass is 315 g/mol. The van der Waals surface area contributed by atoms with E-state index in [9.17, 15) is 4.79 Å². The highest BCUT2D eigenvalue weighted by molar-refractivity contribution is 5.76. The van der Waals surface area contributed by atoms with Crippen molar-refractivity contribution in [2.75, 3.05) is 0 Å². The van der Waals surface area contributed by atoms with Crippen LogP contribution in [0.25, 0.3) is 0 Å². The van der Waals surface area contributed by atoms with Gasteiger partial charge in [0.2, 0.25) is 5.91 Å². The summed E-state index contributed by atoms with van der Waals surface area (Å²) >= 11 is 0. The highest BCUT2D eigenvalue weighted by atomic mass is 16.1. The van der Waals surface area contributed by atoms with Gasteiger partial charge in [-0.05, 0) is 39.2 Å². The normalized spacial score (nSPS) is 17.1. The van der Waals surface area contributed by atoms with Gasteiger partial charge in [-0.3, -0.25) is 9.48 Å². The third kappa shape index (κ3) is 3.30. The highest BCUT2D eigenvalue weighted by Crippen LogP contribution is 2.16. The molecule has 0 aromatic carbocycles. The zero-order valence-corrected chi connectivity index (χ0v) is 14.4. The van der Waals surface area contributed by atoms with Crippen molar-refractivity contribution in [2.24, 2.45) is 7.05 Å². The van der Waals surface area contributed by atoms with Crippen molar-refractivity contribution in [1.29, 1.82) is 0 Å². The first-order valence-electron chi connectivity index (χ1n) is 8.25. The molecule has 0 saturated carbocycles. The Kier molecular flexibility index (Phi) is 4.24. The van der Waals surface area contributed by atoms with Gasteiger partial charge in [0, 0.05) is 44.4 Å². The van der Waals surface area contributed by atoms with Crippen LogP contribution in [0.3, 0.4) is 0 Å². The van der Waals surface area contributed by atoms with E-state index in [1.165, 1.54) is 5.56 Å². The Bertz CT molecular complexity index is 728. The van der Waals surface area contributed by atoms with E-state index in [0.29, 0.717) is 6.42 Å². The van der Waals surface area contributed by atoms with Gasteiger partial charge in [0.15, 0.2) is 0 Å². The van der Waals surface area contributed by atoms with Gasteiger partial charge >= 0.3 is 0 Å². The Morgan fingerprint density at radius 2 is 2.17 bits per heavy atom. The van der Waals surface area contributed by atoms with Crippen LogP contribution in [0.5, 0.6) is 0 Å². The van der Waals surface area contributed by atoms with Crippen LogP contribution in [0.15, 0.2) is 6.20 Å². The minimum atomic E-state index is 0.123. The summed E-state index contributed by atoms with van der Waals surface area (Å²) < 4.78 is 4.05. The fourth-order valence-electron chi connectivity index (χ4n) is 3.42. The molecule has 6 heteroatoms. The molecule has 0 radical (unpaired) electrons. The third-order valence-corrected chi connectivity index (χ3v) is 4.74. The molecule has 2 aromatic rings. The predicted octanol–water partition coefficient (Wildman–Crippen LogP) is 1.61. The van der Waals surface area contributed by atoms with Gasteiger partial charge in [-0.1, -0.05) is 0 Å². The van der Waals surface area contributed by atoms with Crippen molar-refractivity contribution in [3.8, 4) is 0 Å². The molecule has 0 fully saturated rings. The van der Waals surface area contributed by atoms with Gasteiger partial charge in [0.25, 0.3) is 0 Å². The van der Waals surface area contributed by atoms with Crippen LogP contribution < -0.4 is 5.32 Å². The number of hydrogen-bond donors (Lipinski definition) is 1. The highest BCUT2D eigenvalue weighted by Gasteiger charge is 2.21. The van der Waals surface area contributed by atoms with Crippen molar-refractivity contribution in [2.45, 2.75) is 59.0 Å². The van der Waals surface area contributed by atoms with Gasteiger partial charge < -0.3 is 9.88 Å². The predicted molar refractivity (Wildman–Crippen MR) is 88.2 cm³/mol. The van der Waals surface area contributed by atoms with Crippen molar-refractivity contribution in [3.05, 3.63) is 34.7 Å². The lowest BCUT2D eigenvalue weighted by Crippen LogP contribution is -2.41. The Hall–Kier alpha value is -2.11. The lowest BCUT2D eigenvalue weighted by molar-refractivity contribution is -0.122. The molecule has 6 nitrogen and oxygen atoms in total. The molecule has 124 valence electrons. The van der Waals surface area contributed by atoms with Crippen molar-refractivity contribution >= 4 is 5.91 Å². The molecule has 3 rings (SSSR count). The van der Waals surface area contributed by atoms with E-state index in [1.807, 2.05) is 25.6 Å². The lowest BCUT2D eigenvalue weighted by Gasteiger charge is -2.24. The largest absolute Gasteiger partial charge is 0.352 e. The van der Waals surface area contributed by atoms with Crippen molar-refractivity contribution in [3.63, 3.8) is 0 Å². The number of nitrogens with zero attached hydrogens (tertiary/aromatic N) is 4. The molecule has 0 saturated heterocycles. The minimum Gasteiger partial charge on any atom is -0.352 e.